The van der Waals surface area contributed by atoms with Crippen LogP contribution in [-0.4, -0.2) is 45.9 Å². The first-order valence-corrected chi connectivity index (χ1v) is 8.07. The highest BCUT2D eigenvalue weighted by atomic mass is 16.2. The lowest BCUT2D eigenvalue weighted by molar-refractivity contribution is -0.130. The number of carbonyl (C=O) groups is 1. The van der Waals surface area contributed by atoms with Crippen LogP contribution in [0.3, 0.4) is 0 Å². The highest BCUT2D eigenvalue weighted by molar-refractivity contribution is 5.74. The van der Waals surface area contributed by atoms with Gasteiger partial charge < -0.3 is 4.90 Å². The normalized spacial score (nSPS) is 22.5. The van der Waals surface area contributed by atoms with E-state index in [1.54, 1.807) is 6.92 Å². The van der Waals surface area contributed by atoms with E-state index >= 15 is 0 Å². The van der Waals surface area contributed by atoms with Crippen molar-refractivity contribution in [3.8, 4) is 0 Å². The fraction of sp³-hybridized carbons (Fsp3) is 0.647. The maximum atomic E-state index is 11.8. The highest BCUT2D eigenvalue weighted by Crippen LogP contribution is 2.29. The van der Waals surface area contributed by atoms with Gasteiger partial charge in [0.2, 0.25) is 5.91 Å². The number of amides is 1. The smallest absolute Gasteiger partial charge is 0.219 e. The zero-order chi connectivity index (χ0) is 14.8. The Hall–Kier alpha value is -1.42. The molecule has 2 fully saturated rings. The van der Waals surface area contributed by atoms with Gasteiger partial charge in [-0.25, -0.2) is 0 Å². The first-order chi connectivity index (χ1) is 10.1. The molecule has 0 spiro atoms. The minimum Gasteiger partial charge on any atom is -0.338 e. The van der Waals surface area contributed by atoms with Crippen molar-refractivity contribution in [2.75, 3.05) is 13.1 Å². The summed E-state index contributed by atoms with van der Waals surface area (Å²) in [5.41, 5.74) is 2.43. The van der Waals surface area contributed by atoms with Gasteiger partial charge >= 0.3 is 0 Å². The Morgan fingerprint density at radius 2 is 2.24 bits per heavy atom. The van der Waals surface area contributed by atoms with Crippen LogP contribution in [-0.2, 0) is 11.3 Å². The lowest BCUT2D eigenvalue weighted by atomic mass is 10.1. The van der Waals surface area contributed by atoms with Gasteiger partial charge in [0.15, 0.2) is 0 Å². The molecule has 2 heterocycles. The average molecular weight is 287 g/mol. The highest BCUT2D eigenvalue weighted by Gasteiger charge is 2.35. The Balaban J connectivity index is 1.65. The van der Waals surface area contributed by atoms with E-state index in [0.29, 0.717) is 12.1 Å². The fourth-order valence-corrected chi connectivity index (χ4v) is 3.33. The molecule has 1 aliphatic heterocycles. The number of aryl methyl sites for hydroxylation is 1. The van der Waals surface area contributed by atoms with Crippen LogP contribution in [0.5, 0.6) is 0 Å². The summed E-state index contributed by atoms with van der Waals surface area (Å²) in [7, 11) is 0. The second-order valence-corrected chi connectivity index (χ2v) is 6.44. The van der Waals surface area contributed by atoms with Crippen LogP contribution in [0.2, 0.25) is 0 Å². The summed E-state index contributed by atoms with van der Waals surface area (Å²) < 4.78 is 0. The van der Waals surface area contributed by atoms with Gasteiger partial charge in [0.05, 0.1) is 5.69 Å². The van der Waals surface area contributed by atoms with Crippen LogP contribution < -0.4 is 0 Å². The van der Waals surface area contributed by atoms with Crippen molar-refractivity contribution in [3.63, 3.8) is 0 Å². The van der Waals surface area contributed by atoms with Crippen molar-refractivity contribution < 1.29 is 4.79 Å². The Labute approximate surface area is 127 Å². The standard InChI is InChI=1S/C17H25N3O/c1-13-5-3-9-18-17(13)12-19-10-4-6-16(19)11-20(14(2)21)15-7-8-15/h3,5,9,15-16H,4,6-8,10-12H2,1-2H3/t16-/m0/s1. The molecule has 21 heavy (non-hydrogen) atoms. The van der Waals surface area contributed by atoms with E-state index in [2.05, 4.69) is 27.8 Å². The fourth-order valence-electron chi connectivity index (χ4n) is 3.33. The van der Waals surface area contributed by atoms with E-state index in [0.717, 1.165) is 19.6 Å². The van der Waals surface area contributed by atoms with E-state index < -0.39 is 0 Å². The molecule has 1 amide bonds. The van der Waals surface area contributed by atoms with Gasteiger partial charge in [-0.1, -0.05) is 6.07 Å². The third kappa shape index (κ3) is 3.43. The molecule has 0 unspecified atom stereocenters. The van der Waals surface area contributed by atoms with Crippen LogP contribution in [0.4, 0.5) is 0 Å². The minimum absolute atomic E-state index is 0.235. The van der Waals surface area contributed by atoms with Gasteiger partial charge in [0.25, 0.3) is 0 Å². The van der Waals surface area contributed by atoms with E-state index in [1.807, 2.05) is 12.3 Å². The first kappa shape index (κ1) is 14.5. The molecule has 1 aromatic rings. The number of pyridine rings is 1. The van der Waals surface area contributed by atoms with E-state index in [9.17, 15) is 4.79 Å². The quantitative estimate of drug-likeness (QED) is 0.834. The summed E-state index contributed by atoms with van der Waals surface area (Å²) in [4.78, 5) is 20.9. The summed E-state index contributed by atoms with van der Waals surface area (Å²) in [5, 5.41) is 0. The van der Waals surface area contributed by atoms with Crippen molar-refractivity contribution in [2.24, 2.45) is 0 Å². The molecular formula is C17H25N3O. The Morgan fingerprint density at radius 3 is 2.90 bits per heavy atom. The first-order valence-electron chi connectivity index (χ1n) is 8.07. The molecule has 0 N–H and O–H groups in total. The van der Waals surface area contributed by atoms with Crippen molar-refractivity contribution in [2.45, 2.75) is 58.2 Å². The topological polar surface area (TPSA) is 36.4 Å². The molecule has 1 saturated carbocycles. The lowest BCUT2D eigenvalue weighted by Gasteiger charge is -2.30. The largest absolute Gasteiger partial charge is 0.338 e. The number of likely N-dealkylation sites (tertiary alicyclic amines) is 1. The summed E-state index contributed by atoms with van der Waals surface area (Å²) in [6.07, 6.45) is 6.67. The summed E-state index contributed by atoms with van der Waals surface area (Å²) in [5.74, 6) is 0.235. The second-order valence-electron chi connectivity index (χ2n) is 6.44. The number of hydrogen-bond donors (Lipinski definition) is 0. The predicted molar refractivity (Wildman–Crippen MR) is 82.8 cm³/mol. The molecule has 1 atom stereocenters. The molecular weight excluding hydrogens is 262 g/mol. The van der Waals surface area contributed by atoms with Crippen LogP contribution in [0.15, 0.2) is 18.3 Å². The average Bonchev–Trinajstić information content (AvgIpc) is 3.20. The monoisotopic (exact) mass is 287 g/mol. The third-order valence-electron chi connectivity index (χ3n) is 4.77. The van der Waals surface area contributed by atoms with Crippen molar-refractivity contribution in [1.82, 2.24) is 14.8 Å². The number of aromatic nitrogens is 1. The van der Waals surface area contributed by atoms with Crippen molar-refractivity contribution in [3.05, 3.63) is 29.6 Å². The van der Waals surface area contributed by atoms with E-state index in [-0.39, 0.29) is 5.91 Å². The summed E-state index contributed by atoms with van der Waals surface area (Å²) >= 11 is 0. The zero-order valence-corrected chi connectivity index (χ0v) is 13.1. The molecule has 0 bridgehead atoms. The Bertz CT molecular complexity index is 513. The Morgan fingerprint density at radius 1 is 1.43 bits per heavy atom. The number of nitrogens with zero attached hydrogens (tertiary/aromatic N) is 3. The van der Waals surface area contributed by atoms with Gasteiger partial charge in [0.1, 0.15) is 0 Å². The van der Waals surface area contributed by atoms with Crippen LogP contribution in [0.1, 0.15) is 43.9 Å². The van der Waals surface area contributed by atoms with Crippen molar-refractivity contribution >= 4 is 5.91 Å². The maximum absolute atomic E-state index is 11.8. The summed E-state index contributed by atoms with van der Waals surface area (Å²) in [6, 6.07) is 5.13. The molecule has 3 rings (SSSR count). The maximum Gasteiger partial charge on any atom is 0.219 e. The van der Waals surface area contributed by atoms with Gasteiger partial charge in [-0.05, 0) is 50.8 Å². The summed E-state index contributed by atoms with van der Waals surface area (Å²) in [6.45, 7) is 6.76. The van der Waals surface area contributed by atoms with E-state index in [1.165, 1.54) is 36.9 Å². The molecule has 4 heteroatoms. The van der Waals surface area contributed by atoms with Crippen LogP contribution in [0.25, 0.3) is 0 Å². The molecule has 0 radical (unpaired) electrons. The van der Waals surface area contributed by atoms with Gasteiger partial charge in [0, 0.05) is 38.3 Å². The van der Waals surface area contributed by atoms with Crippen LogP contribution in [0, 0.1) is 6.92 Å². The molecule has 0 aromatic carbocycles. The Kier molecular flexibility index (Phi) is 4.24. The molecule has 114 valence electrons. The minimum atomic E-state index is 0.235. The molecule has 2 aliphatic rings. The van der Waals surface area contributed by atoms with E-state index in [4.69, 9.17) is 0 Å². The third-order valence-corrected chi connectivity index (χ3v) is 4.77. The van der Waals surface area contributed by atoms with Crippen LogP contribution >= 0.6 is 0 Å². The van der Waals surface area contributed by atoms with Gasteiger partial charge in [-0.2, -0.15) is 0 Å². The predicted octanol–water partition coefficient (Wildman–Crippen LogP) is 2.37. The van der Waals surface area contributed by atoms with Gasteiger partial charge in [-0.15, -0.1) is 0 Å². The van der Waals surface area contributed by atoms with Crippen molar-refractivity contribution in [1.29, 1.82) is 0 Å². The molecule has 1 aromatic heterocycles. The lowest BCUT2D eigenvalue weighted by Crippen LogP contribution is -2.43. The SMILES string of the molecule is CC(=O)N(C[C@@H]1CCCN1Cc1ncccc1C)C1CC1. The number of carbonyl (C=O) groups excluding carboxylic acids is 1. The number of rotatable bonds is 5. The second kappa shape index (κ2) is 6.14. The van der Waals surface area contributed by atoms with Gasteiger partial charge in [-0.3, -0.25) is 14.7 Å². The molecule has 4 nitrogen and oxygen atoms in total. The number of hydrogen-bond acceptors (Lipinski definition) is 3. The zero-order valence-electron chi connectivity index (χ0n) is 13.1. The molecule has 1 saturated heterocycles. The molecule has 1 aliphatic carbocycles.